The highest BCUT2D eigenvalue weighted by atomic mass is 32.1. The molecule has 8 nitrogen and oxygen atoms in total. The fourth-order valence-corrected chi connectivity index (χ4v) is 2.90. The Morgan fingerprint density at radius 1 is 1.43 bits per heavy atom. The summed E-state index contributed by atoms with van der Waals surface area (Å²) in [5, 5.41) is 16.5. The van der Waals surface area contributed by atoms with E-state index in [-0.39, 0.29) is 6.03 Å². The summed E-state index contributed by atoms with van der Waals surface area (Å²) in [5.41, 5.74) is 3.10. The fourth-order valence-electron chi connectivity index (χ4n) is 2.23. The minimum absolute atomic E-state index is 0.299. The standard InChI is InChI=1S/C14H17N7OS/c1-8-11-4-9(5-16-12(11)21(3)20-8)18-13(22)17-6-10-7-23-14(15-2)19-10/h4-5,7H,6H2,1-3H3,(H,15,19)(H2,17,18,22). The molecule has 0 unspecified atom stereocenters. The van der Waals surface area contributed by atoms with Gasteiger partial charge < -0.3 is 16.0 Å². The molecule has 0 aliphatic rings. The summed E-state index contributed by atoms with van der Waals surface area (Å²) in [6, 6.07) is 1.57. The highest BCUT2D eigenvalue weighted by molar-refractivity contribution is 7.13. The molecule has 9 heteroatoms. The first-order valence-electron chi connectivity index (χ1n) is 7.03. The van der Waals surface area contributed by atoms with Gasteiger partial charge in [-0.2, -0.15) is 5.10 Å². The molecule has 0 spiro atoms. The molecule has 3 N–H and O–H groups in total. The molecule has 0 aliphatic carbocycles. The first-order chi connectivity index (χ1) is 11.1. The Labute approximate surface area is 136 Å². The SMILES string of the molecule is CNc1nc(CNC(=O)Nc2cnc3c(c2)c(C)nn3C)cs1. The first-order valence-corrected chi connectivity index (χ1v) is 7.91. The van der Waals surface area contributed by atoms with E-state index in [0.29, 0.717) is 12.2 Å². The van der Waals surface area contributed by atoms with Gasteiger partial charge in [-0.05, 0) is 13.0 Å². The maximum Gasteiger partial charge on any atom is 0.319 e. The van der Waals surface area contributed by atoms with Crippen molar-refractivity contribution in [3.05, 3.63) is 29.0 Å². The van der Waals surface area contributed by atoms with Crippen molar-refractivity contribution in [1.82, 2.24) is 25.1 Å². The second-order valence-electron chi connectivity index (χ2n) is 5.01. The van der Waals surface area contributed by atoms with Gasteiger partial charge in [-0.3, -0.25) is 4.68 Å². The zero-order valence-electron chi connectivity index (χ0n) is 13.0. The van der Waals surface area contributed by atoms with Gasteiger partial charge in [0.2, 0.25) is 0 Å². The topological polar surface area (TPSA) is 96.8 Å². The maximum absolute atomic E-state index is 12.0. The number of anilines is 2. The Morgan fingerprint density at radius 3 is 3.00 bits per heavy atom. The molecule has 0 radical (unpaired) electrons. The van der Waals surface area contributed by atoms with Crippen molar-refractivity contribution < 1.29 is 4.79 Å². The summed E-state index contributed by atoms with van der Waals surface area (Å²) >= 11 is 1.50. The van der Waals surface area contributed by atoms with Crippen LogP contribution in [0.25, 0.3) is 11.0 Å². The minimum Gasteiger partial charge on any atom is -0.365 e. The number of nitrogens with one attached hydrogen (secondary N) is 3. The van der Waals surface area contributed by atoms with Gasteiger partial charge in [0.25, 0.3) is 0 Å². The molecular weight excluding hydrogens is 314 g/mol. The number of nitrogens with zero attached hydrogens (tertiary/aromatic N) is 4. The van der Waals surface area contributed by atoms with Crippen LogP contribution in [0, 0.1) is 6.92 Å². The summed E-state index contributed by atoms with van der Waals surface area (Å²) < 4.78 is 1.72. The summed E-state index contributed by atoms with van der Waals surface area (Å²) in [5.74, 6) is 0. The quantitative estimate of drug-likeness (QED) is 0.680. The molecule has 0 bridgehead atoms. The number of fused-ring (bicyclic) bond motifs is 1. The monoisotopic (exact) mass is 331 g/mol. The van der Waals surface area contributed by atoms with Gasteiger partial charge >= 0.3 is 6.03 Å². The van der Waals surface area contributed by atoms with E-state index >= 15 is 0 Å². The van der Waals surface area contributed by atoms with E-state index in [0.717, 1.165) is 27.6 Å². The number of aryl methyl sites for hydroxylation is 2. The summed E-state index contributed by atoms with van der Waals surface area (Å²) in [4.78, 5) is 20.6. The van der Waals surface area contributed by atoms with Crippen molar-refractivity contribution in [2.45, 2.75) is 13.5 Å². The molecule has 3 aromatic rings. The van der Waals surface area contributed by atoms with E-state index < -0.39 is 0 Å². The largest absolute Gasteiger partial charge is 0.365 e. The van der Waals surface area contributed by atoms with Crippen molar-refractivity contribution >= 4 is 39.2 Å². The molecule has 2 amide bonds. The fraction of sp³-hybridized carbons (Fsp3) is 0.286. The smallest absolute Gasteiger partial charge is 0.319 e. The Kier molecular flexibility index (Phi) is 4.11. The predicted octanol–water partition coefficient (Wildman–Crippen LogP) is 2.10. The van der Waals surface area contributed by atoms with E-state index in [2.05, 4.69) is 31.0 Å². The van der Waals surface area contributed by atoms with Crippen LogP contribution >= 0.6 is 11.3 Å². The van der Waals surface area contributed by atoms with Crippen molar-refractivity contribution in [1.29, 1.82) is 0 Å². The van der Waals surface area contributed by atoms with Gasteiger partial charge in [0.15, 0.2) is 10.8 Å². The molecule has 0 saturated carbocycles. The van der Waals surface area contributed by atoms with Crippen molar-refractivity contribution in [2.24, 2.45) is 7.05 Å². The zero-order valence-corrected chi connectivity index (χ0v) is 13.9. The van der Waals surface area contributed by atoms with Gasteiger partial charge in [-0.15, -0.1) is 11.3 Å². The molecule has 3 aromatic heterocycles. The van der Waals surface area contributed by atoms with Gasteiger partial charge in [0, 0.05) is 24.9 Å². The molecule has 0 aliphatic heterocycles. The molecule has 0 aromatic carbocycles. The summed E-state index contributed by atoms with van der Waals surface area (Å²) in [7, 11) is 3.65. The number of amides is 2. The molecular formula is C14H17N7OS. The van der Waals surface area contributed by atoms with E-state index in [1.165, 1.54) is 11.3 Å². The lowest BCUT2D eigenvalue weighted by Gasteiger charge is -2.06. The lowest BCUT2D eigenvalue weighted by molar-refractivity contribution is 0.251. The molecule has 0 atom stereocenters. The number of carbonyl (C=O) groups is 1. The first kappa shape index (κ1) is 15.2. The second kappa shape index (κ2) is 6.21. The van der Waals surface area contributed by atoms with Gasteiger partial charge in [-0.25, -0.2) is 14.8 Å². The Hall–Kier alpha value is -2.68. The van der Waals surface area contributed by atoms with Crippen LogP contribution in [0.4, 0.5) is 15.6 Å². The maximum atomic E-state index is 12.0. The predicted molar refractivity (Wildman–Crippen MR) is 90.8 cm³/mol. The van der Waals surface area contributed by atoms with Crippen molar-refractivity contribution in [3.63, 3.8) is 0 Å². The van der Waals surface area contributed by atoms with Crippen LogP contribution in [0.2, 0.25) is 0 Å². The van der Waals surface area contributed by atoms with E-state index in [4.69, 9.17) is 0 Å². The number of aromatic nitrogens is 4. The van der Waals surface area contributed by atoms with E-state index in [1.54, 1.807) is 10.9 Å². The van der Waals surface area contributed by atoms with Gasteiger partial charge in [0.05, 0.1) is 29.8 Å². The number of rotatable bonds is 4. The Bertz CT molecular complexity index is 854. The molecule has 3 heterocycles. The Balaban J connectivity index is 1.64. The third-order valence-electron chi connectivity index (χ3n) is 3.32. The van der Waals surface area contributed by atoms with E-state index in [1.807, 2.05) is 32.5 Å². The highest BCUT2D eigenvalue weighted by Crippen LogP contribution is 2.19. The van der Waals surface area contributed by atoms with Crippen LogP contribution in [-0.2, 0) is 13.6 Å². The lowest BCUT2D eigenvalue weighted by Crippen LogP contribution is -2.28. The number of hydrogen-bond donors (Lipinski definition) is 3. The van der Waals surface area contributed by atoms with Crippen LogP contribution in [0.3, 0.4) is 0 Å². The third-order valence-corrected chi connectivity index (χ3v) is 4.23. The normalized spacial score (nSPS) is 10.7. The van der Waals surface area contributed by atoms with Gasteiger partial charge in [-0.1, -0.05) is 0 Å². The van der Waals surface area contributed by atoms with Crippen LogP contribution in [0.1, 0.15) is 11.4 Å². The Morgan fingerprint density at radius 2 is 2.26 bits per heavy atom. The number of pyridine rings is 1. The third kappa shape index (κ3) is 3.24. The molecule has 3 rings (SSSR count). The zero-order chi connectivity index (χ0) is 16.4. The number of carbonyl (C=O) groups excluding carboxylic acids is 1. The average molecular weight is 331 g/mol. The van der Waals surface area contributed by atoms with Crippen LogP contribution in [-0.4, -0.2) is 32.8 Å². The average Bonchev–Trinajstić information content (AvgIpc) is 3.10. The summed E-state index contributed by atoms with van der Waals surface area (Å²) in [6.07, 6.45) is 1.62. The second-order valence-corrected chi connectivity index (χ2v) is 5.86. The van der Waals surface area contributed by atoms with E-state index in [9.17, 15) is 4.79 Å². The van der Waals surface area contributed by atoms with Crippen LogP contribution < -0.4 is 16.0 Å². The highest BCUT2D eigenvalue weighted by Gasteiger charge is 2.09. The lowest BCUT2D eigenvalue weighted by atomic mass is 10.2. The number of hydrogen-bond acceptors (Lipinski definition) is 6. The molecule has 0 saturated heterocycles. The number of urea groups is 1. The number of thiazole rings is 1. The van der Waals surface area contributed by atoms with Crippen molar-refractivity contribution in [2.75, 3.05) is 17.7 Å². The molecule has 0 fully saturated rings. The van der Waals surface area contributed by atoms with Crippen LogP contribution in [0.5, 0.6) is 0 Å². The minimum atomic E-state index is -0.299. The van der Waals surface area contributed by atoms with Gasteiger partial charge in [0.1, 0.15) is 0 Å². The molecule has 23 heavy (non-hydrogen) atoms. The van der Waals surface area contributed by atoms with Crippen LogP contribution in [0.15, 0.2) is 17.6 Å². The van der Waals surface area contributed by atoms with Crippen molar-refractivity contribution in [3.8, 4) is 0 Å². The molecule has 120 valence electrons. The summed E-state index contributed by atoms with van der Waals surface area (Å²) in [6.45, 7) is 2.28.